The Morgan fingerprint density at radius 2 is 1.88 bits per heavy atom. The molecule has 1 aromatic carbocycles. The number of sulfonamides is 1. The van der Waals surface area contributed by atoms with Gasteiger partial charge in [0.15, 0.2) is 0 Å². The van der Waals surface area contributed by atoms with Gasteiger partial charge in [0.1, 0.15) is 0 Å². The first-order chi connectivity index (χ1) is 7.97. The van der Waals surface area contributed by atoms with Gasteiger partial charge >= 0.3 is 0 Å². The van der Waals surface area contributed by atoms with E-state index in [0.29, 0.717) is 10.9 Å². The molecule has 5 heteroatoms. The summed E-state index contributed by atoms with van der Waals surface area (Å²) in [6, 6.07) is 6.32. The maximum atomic E-state index is 12.1. The summed E-state index contributed by atoms with van der Waals surface area (Å²) in [6.07, 6.45) is 2.94. The molecule has 0 saturated heterocycles. The van der Waals surface area contributed by atoms with E-state index in [2.05, 4.69) is 11.6 Å². The molecule has 1 fully saturated rings. The lowest BCUT2D eigenvalue weighted by Gasteiger charge is -2.12. The van der Waals surface area contributed by atoms with Gasteiger partial charge in [-0.1, -0.05) is 18.5 Å². The van der Waals surface area contributed by atoms with E-state index in [4.69, 9.17) is 11.6 Å². The Kier molecular flexibility index (Phi) is 3.76. The summed E-state index contributed by atoms with van der Waals surface area (Å²) in [5.41, 5.74) is 0. The predicted octanol–water partition coefficient (Wildman–Crippen LogP) is 2.81. The Bertz CT molecular complexity index is 484. The second-order valence-electron chi connectivity index (χ2n) is 4.69. The van der Waals surface area contributed by atoms with Crippen LogP contribution in [0.4, 0.5) is 0 Å². The molecule has 1 N–H and O–H groups in total. The van der Waals surface area contributed by atoms with Crippen molar-refractivity contribution < 1.29 is 8.42 Å². The van der Waals surface area contributed by atoms with Crippen LogP contribution in [0, 0.1) is 5.92 Å². The number of halogens is 1. The molecule has 0 aliphatic heterocycles. The van der Waals surface area contributed by atoms with Crippen molar-refractivity contribution in [3.63, 3.8) is 0 Å². The lowest BCUT2D eigenvalue weighted by Crippen LogP contribution is -2.32. The van der Waals surface area contributed by atoms with Gasteiger partial charge in [-0.3, -0.25) is 0 Å². The van der Waals surface area contributed by atoms with Crippen molar-refractivity contribution in [1.29, 1.82) is 0 Å². The number of hydrogen-bond acceptors (Lipinski definition) is 2. The van der Waals surface area contributed by atoms with Crippen LogP contribution < -0.4 is 4.72 Å². The third-order valence-corrected chi connectivity index (χ3v) is 4.93. The molecule has 3 nitrogen and oxygen atoms in total. The summed E-state index contributed by atoms with van der Waals surface area (Å²) in [7, 11) is -3.39. The molecule has 1 aliphatic rings. The Morgan fingerprint density at radius 3 is 2.41 bits per heavy atom. The van der Waals surface area contributed by atoms with Crippen LogP contribution >= 0.6 is 11.6 Å². The minimum atomic E-state index is -3.39. The molecular weight excluding hydrogens is 258 g/mol. The van der Waals surface area contributed by atoms with Crippen molar-refractivity contribution in [2.45, 2.75) is 37.1 Å². The third kappa shape index (κ3) is 3.21. The number of benzene rings is 1. The Balaban J connectivity index is 2.11. The summed E-state index contributed by atoms with van der Waals surface area (Å²) >= 11 is 5.74. The zero-order valence-corrected chi connectivity index (χ0v) is 11.3. The van der Waals surface area contributed by atoms with E-state index < -0.39 is 10.0 Å². The van der Waals surface area contributed by atoms with Gasteiger partial charge in [0.05, 0.1) is 4.90 Å². The molecule has 0 spiro atoms. The van der Waals surface area contributed by atoms with Gasteiger partial charge in [0, 0.05) is 11.1 Å². The van der Waals surface area contributed by atoms with Crippen molar-refractivity contribution in [2.24, 2.45) is 5.92 Å². The van der Waals surface area contributed by atoms with Gasteiger partial charge in [-0.05, 0) is 49.4 Å². The van der Waals surface area contributed by atoms with Crippen LogP contribution in [0.1, 0.15) is 26.2 Å². The van der Waals surface area contributed by atoms with Crippen LogP contribution in [-0.4, -0.2) is 14.5 Å². The fourth-order valence-corrected chi connectivity index (χ4v) is 3.62. The zero-order chi connectivity index (χ0) is 12.5. The maximum Gasteiger partial charge on any atom is 0.240 e. The topological polar surface area (TPSA) is 46.2 Å². The van der Waals surface area contributed by atoms with E-state index in [1.165, 1.54) is 12.1 Å². The van der Waals surface area contributed by atoms with Crippen molar-refractivity contribution in [1.82, 2.24) is 4.72 Å². The number of nitrogens with one attached hydrogen (secondary N) is 1. The van der Waals surface area contributed by atoms with Gasteiger partial charge in [0.2, 0.25) is 10.0 Å². The van der Waals surface area contributed by atoms with E-state index in [-0.39, 0.29) is 10.9 Å². The molecule has 0 aromatic heterocycles. The third-order valence-electron chi connectivity index (χ3n) is 3.14. The summed E-state index contributed by atoms with van der Waals surface area (Å²) in [6.45, 7) is 2.15. The van der Waals surface area contributed by atoms with E-state index in [0.717, 1.165) is 19.3 Å². The quantitative estimate of drug-likeness (QED) is 0.920. The fourth-order valence-electron chi connectivity index (χ4n) is 2.22. The molecule has 1 aromatic rings. The summed E-state index contributed by atoms with van der Waals surface area (Å²) in [4.78, 5) is 0.279. The largest absolute Gasteiger partial charge is 0.240 e. The number of hydrogen-bond donors (Lipinski definition) is 1. The number of rotatable bonds is 3. The molecule has 2 rings (SSSR count). The standard InChI is InChI=1S/C12H16ClNO2S/c1-9-2-5-11(8-9)14-17(15,16)12-6-3-10(13)4-7-12/h3-4,6-7,9,11,14H,2,5,8H2,1H3. The Labute approximate surface area is 107 Å². The van der Waals surface area contributed by atoms with Crippen LogP contribution in [0.25, 0.3) is 0 Å². The lowest BCUT2D eigenvalue weighted by molar-refractivity contribution is 0.538. The highest BCUT2D eigenvalue weighted by Gasteiger charge is 2.26. The molecule has 1 aliphatic carbocycles. The second kappa shape index (κ2) is 4.96. The molecule has 1 saturated carbocycles. The predicted molar refractivity (Wildman–Crippen MR) is 68.6 cm³/mol. The first kappa shape index (κ1) is 12.9. The van der Waals surface area contributed by atoms with Gasteiger partial charge in [0.25, 0.3) is 0 Å². The monoisotopic (exact) mass is 273 g/mol. The molecule has 0 bridgehead atoms. The van der Waals surface area contributed by atoms with Crippen molar-refractivity contribution in [2.75, 3.05) is 0 Å². The molecule has 94 valence electrons. The highest BCUT2D eigenvalue weighted by atomic mass is 35.5. The Morgan fingerprint density at radius 1 is 1.24 bits per heavy atom. The molecule has 2 unspecified atom stereocenters. The smallest absolute Gasteiger partial charge is 0.208 e. The molecule has 0 radical (unpaired) electrons. The van der Waals surface area contributed by atoms with E-state index in [1.807, 2.05) is 0 Å². The highest BCUT2D eigenvalue weighted by Crippen LogP contribution is 2.26. The summed E-state index contributed by atoms with van der Waals surface area (Å²) < 4.78 is 26.9. The van der Waals surface area contributed by atoms with Crippen molar-refractivity contribution in [3.05, 3.63) is 29.3 Å². The maximum absolute atomic E-state index is 12.1. The average Bonchev–Trinajstić information content (AvgIpc) is 2.63. The summed E-state index contributed by atoms with van der Waals surface area (Å²) in [5.74, 6) is 0.605. The van der Waals surface area contributed by atoms with Crippen LogP contribution in [-0.2, 0) is 10.0 Å². The van der Waals surface area contributed by atoms with E-state index in [1.54, 1.807) is 12.1 Å². The van der Waals surface area contributed by atoms with Gasteiger partial charge < -0.3 is 0 Å². The van der Waals surface area contributed by atoms with Crippen molar-refractivity contribution in [3.8, 4) is 0 Å². The lowest BCUT2D eigenvalue weighted by atomic mass is 10.1. The van der Waals surface area contributed by atoms with E-state index >= 15 is 0 Å². The highest BCUT2D eigenvalue weighted by molar-refractivity contribution is 7.89. The molecule has 0 amide bonds. The second-order valence-corrected chi connectivity index (χ2v) is 6.84. The molecule has 17 heavy (non-hydrogen) atoms. The van der Waals surface area contributed by atoms with Gasteiger partial charge in [-0.15, -0.1) is 0 Å². The SMILES string of the molecule is CC1CCC(NS(=O)(=O)c2ccc(Cl)cc2)C1. The van der Waals surface area contributed by atoms with Crippen LogP contribution in [0.5, 0.6) is 0 Å². The minimum Gasteiger partial charge on any atom is -0.208 e. The average molecular weight is 274 g/mol. The van der Waals surface area contributed by atoms with Gasteiger partial charge in [-0.2, -0.15) is 0 Å². The van der Waals surface area contributed by atoms with Crippen LogP contribution in [0.2, 0.25) is 5.02 Å². The Hall–Kier alpha value is -0.580. The normalized spacial score (nSPS) is 25.1. The summed E-state index contributed by atoms with van der Waals surface area (Å²) in [5, 5.41) is 0.540. The fraction of sp³-hybridized carbons (Fsp3) is 0.500. The van der Waals surface area contributed by atoms with E-state index in [9.17, 15) is 8.42 Å². The molecule has 2 atom stereocenters. The first-order valence-corrected chi connectivity index (χ1v) is 7.61. The molecular formula is C12H16ClNO2S. The first-order valence-electron chi connectivity index (χ1n) is 5.75. The van der Waals surface area contributed by atoms with Crippen LogP contribution in [0.15, 0.2) is 29.2 Å². The zero-order valence-electron chi connectivity index (χ0n) is 9.69. The minimum absolute atomic E-state index is 0.0747. The molecule has 0 heterocycles. The van der Waals surface area contributed by atoms with Gasteiger partial charge in [-0.25, -0.2) is 13.1 Å². The van der Waals surface area contributed by atoms with Crippen molar-refractivity contribution >= 4 is 21.6 Å². The van der Waals surface area contributed by atoms with Crippen LogP contribution in [0.3, 0.4) is 0 Å².